The predicted octanol–water partition coefficient (Wildman–Crippen LogP) is -0.325. The molecular formula is C12H21N3O2. The van der Waals surface area contributed by atoms with Gasteiger partial charge >= 0.3 is 0 Å². The number of hydrogen-bond acceptors (Lipinski definition) is 3. The largest absolute Gasteiger partial charge is 0.345 e. The fraction of sp³-hybridized carbons (Fsp3) is 0.833. The molecule has 0 bridgehead atoms. The molecule has 2 unspecified atom stereocenters. The maximum atomic E-state index is 12.3. The van der Waals surface area contributed by atoms with E-state index in [-0.39, 0.29) is 17.7 Å². The molecule has 5 nitrogen and oxygen atoms in total. The summed E-state index contributed by atoms with van der Waals surface area (Å²) in [6.07, 6.45) is 2.54. The number of nitrogens with zero attached hydrogens (tertiary/aromatic N) is 2. The normalized spacial score (nSPS) is 29.2. The highest BCUT2D eigenvalue weighted by Crippen LogP contribution is 2.24. The molecule has 0 saturated carbocycles. The molecule has 0 spiro atoms. The van der Waals surface area contributed by atoms with Crippen molar-refractivity contribution in [3.63, 3.8) is 0 Å². The highest BCUT2D eigenvalue weighted by atomic mass is 16.2. The molecule has 96 valence electrons. The van der Waals surface area contributed by atoms with Gasteiger partial charge in [-0.15, -0.1) is 0 Å². The standard InChI is InChI=1S/C12H21N3O2/c1-13-7-10-4-3-5-15(10)12(17)9-6-11(16)14(2)8-9/h9-10,13H,3-8H2,1-2H3. The van der Waals surface area contributed by atoms with Crippen molar-refractivity contribution in [1.29, 1.82) is 0 Å². The van der Waals surface area contributed by atoms with E-state index in [4.69, 9.17) is 0 Å². The van der Waals surface area contributed by atoms with Gasteiger partial charge in [0.2, 0.25) is 11.8 Å². The van der Waals surface area contributed by atoms with Crippen LogP contribution in [0.2, 0.25) is 0 Å². The lowest BCUT2D eigenvalue weighted by atomic mass is 10.1. The van der Waals surface area contributed by atoms with Crippen LogP contribution in [0.15, 0.2) is 0 Å². The highest BCUT2D eigenvalue weighted by Gasteiger charge is 2.38. The Hall–Kier alpha value is -1.10. The Morgan fingerprint density at radius 2 is 2.29 bits per heavy atom. The number of rotatable bonds is 3. The van der Waals surface area contributed by atoms with Gasteiger partial charge in [0, 0.05) is 39.1 Å². The molecule has 2 heterocycles. The third-order valence-electron chi connectivity index (χ3n) is 3.79. The molecule has 5 heteroatoms. The molecule has 0 aromatic carbocycles. The maximum absolute atomic E-state index is 12.3. The summed E-state index contributed by atoms with van der Waals surface area (Å²) in [5.74, 6) is 0.137. The van der Waals surface area contributed by atoms with Crippen LogP contribution in [0.1, 0.15) is 19.3 Å². The number of hydrogen-bond donors (Lipinski definition) is 1. The first-order valence-electron chi connectivity index (χ1n) is 6.32. The zero-order valence-electron chi connectivity index (χ0n) is 10.6. The van der Waals surface area contributed by atoms with E-state index in [0.29, 0.717) is 19.0 Å². The Bertz CT molecular complexity index is 319. The summed E-state index contributed by atoms with van der Waals surface area (Å²) in [4.78, 5) is 27.4. The van der Waals surface area contributed by atoms with Crippen LogP contribution >= 0.6 is 0 Å². The second-order valence-electron chi connectivity index (χ2n) is 5.06. The van der Waals surface area contributed by atoms with E-state index in [1.807, 2.05) is 11.9 Å². The molecule has 0 aliphatic carbocycles. The minimum Gasteiger partial charge on any atom is -0.345 e. The summed E-state index contributed by atoms with van der Waals surface area (Å²) in [7, 11) is 3.68. The van der Waals surface area contributed by atoms with Crippen LogP contribution in [0.3, 0.4) is 0 Å². The number of carbonyl (C=O) groups excluding carboxylic acids is 2. The number of carbonyl (C=O) groups is 2. The summed E-state index contributed by atoms with van der Waals surface area (Å²) < 4.78 is 0. The Kier molecular flexibility index (Phi) is 3.66. The molecule has 2 atom stereocenters. The first-order valence-corrected chi connectivity index (χ1v) is 6.32. The SMILES string of the molecule is CNCC1CCCN1C(=O)C1CC(=O)N(C)C1. The van der Waals surface area contributed by atoms with Gasteiger partial charge in [-0.25, -0.2) is 0 Å². The van der Waals surface area contributed by atoms with E-state index >= 15 is 0 Å². The molecule has 0 radical (unpaired) electrons. The molecule has 2 aliphatic rings. The summed E-state index contributed by atoms with van der Waals surface area (Å²) in [6.45, 7) is 2.28. The first kappa shape index (κ1) is 12.4. The highest BCUT2D eigenvalue weighted by molar-refractivity contribution is 5.89. The van der Waals surface area contributed by atoms with E-state index in [2.05, 4.69) is 5.32 Å². The van der Waals surface area contributed by atoms with Crippen molar-refractivity contribution >= 4 is 11.8 Å². The second kappa shape index (κ2) is 5.04. The summed E-state index contributed by atoms with van der Waals surface area (Å²) >= 11 is 0. The monoisotopic (exact) mass is 239 g/mol. The van der Waals surface area contributed by atoms with E-state index in [9.17, 15) is 9.59 Å². The van der Waals surface area contributed by atoms with Crippen LogP contribution < -0.4 is 5.32 Å². The number of nitrogens with one attached hydrogen (secondary N) is 1. The minimum absolute atomic E-state index is 0.0905. The molecule has 2 rings (SSSR count). The van der Waals surface area contributed by atoms with Crippen LogP contribution in [-0.2, 0) is 9.59 Å². The molecule has 2 saturated heterocycles. The number of likely N-dealkylation sites (tertiary alicyclic amines) is 2. The van der Waals surface area contributed by atoms with Gasteiger partial charge in [-0.2, -0.15) is 0 Å². The predicted molar refractivity (Wildman–Crippen MR) is 64.4 cm³/mol. The summed E-state index contributed by atoms with van der Waals surface area (Å²) in [5.41, 5.74) is 0. The van der Waals surface area contributed by atoms with Crippen molar-refractivity contribution in [3.05, 3.63) is 0 Å². The van der Waals surface area contributed by atoms with Crippen LogP contribution in [0.4, 0.5) is 0 Å². The lowest BCUT2D eigenvalue weighted by Crippen LogP contribution is -2.44. The molecule has 2 aliphatic heterocycles. The molecule has 1 N–H and O–H groups in total. The Balaban J connectivity index is 1.97. The second-order valence-corrected chi connectivity index (χ2v) is 5.06. The van der Waals surface area contributed by atoms with Crippen LogP contribution in [-0.4, -0.2) is 61.4 Å². The van der Waals surface area contributed by atoms with E-state index in [1.165, 1.54) is 0 Å². The molecule has 0 aromatic rings. The van der Waals surface area contributed by atoms with Crippen molar-refractivity contribution in [2.75, 3.05) is 33.7 Å². The van der Waals surface area contributed by atoms with Crippen molar-refractivity contribution in [2.24, 2.45) is 5.92 Å². The van der Waals surface area contributed by atoms with Crippen molar-refractivity contribution < 1.29 is 9.59 Å². The molecule has 2 fully saturated rings. The van der Waals surface area contributed by atoms with E-state index < -0.39 is 0 Å². The van der Waals surface area contributed by atoms with Gasteiger partial charge in [-0.1, -0.05) is 0 Å². The Morgan fingerprint density at radius 1 is 1.53 bits per heavy atom. The average Bonchev–Trinajstić information content (AvgIpc) is 2.87. The lowest BCUT2D eigenvalue weighted by Gasteiger charge is -2.27. The Labute approximate surface area is 102 Å². The lowest BCUT2D eigenvalue weighted by molar-refractivity contribution is -0.136. The third kappa shape index (κ3) is 2.44. The molecule has 0 aromatic heterocycles. The quantitative estimate of drug-likeness (QED) is 0.734. The van der Waals surface area contributed by atoms with Crippen molar-refractivity contribution in [1.82, 2.24) is 15.1 Å². The van der Waals surface area contributed by atoms with Gasteiger partial charge in [0.15, 0.2) is 0 Å². The third-order valence-corrected chi connectivity index (χ3v) is 3.79. The summed E-state index contributed by atoms with van der Waals surface area (Å²) in [6, 6.07) is 0.313. The molecule has 2 amide bonds. The average molecular weight is 239 g/mol. The van der Waals surface area contributed by atoms with Gasteiger partial charge in [0.25, 0.3) is 0 Å². The van der Waals surface area contributed by atoms with E-state index in [1.54, 1.807) is 11.9 Å². The van der Waals surface area contributed by atoms with Crippen LogP contribution in [0.5, 0.6) is 0 Å². The topological polar surface area (TPSA) is 52.7 Å². The van der Waals surface area contributed by atoms with Crippen LogP contribution in [0.25, 0.3) is 0 Å². The summed E-state index contributed by atoms with van der Waals surface area (Å²) in [5, 5.41) is 3.13. The maximum Gasteiger partial charge on any atom is 0.228 e. The van der Waals surface area contributed by atoms with Gasteiger partial charge in [0.05, 0.1) is 5.92 Å². The van der Waals surface area contributed by atoms with Crippen molar-refractivity contribution in [3.8, 4) is 0 Å². The van der Waals surface area contributed by atoms with Gasteiger partial charge in [-0.3, -0.25) is 9.59 Å². The zero-order valence-corrected chi connectivity index (χ0v) is 10.6. The molecule has 17 heavy (non-hydrogen) atoms. The number of likely N-dealkylation sites (N-methyl/N-ethyl adjacent to an activating group) is 1. The fourth-order valence-electron chi connectivity index (χ4n) is 2.84. The van der Waals surface area contributed by atoms with E-state index in [0.717, 1.165) is 25.9 Å². The first-order chi connectivity index (χ1) is 8.13. The zero-order chi connectivity index (χ0) is 12.4. The fourth-order valence-corrected chi connectivity index (χ4v) is 2.84. The van der Waals surface area contributed by atoms with Crippen molar-refractivity contribution in [2.45, 2.75) is 25.3 Å². The van der Waals surface area contributed by atoms with Crippen LogP contribution in [0, 0.1) is 5.92 Å². The van der Waals surface area contributed by atoms with Gasteiger partial charge in [0.1, 0.15) is 0 Å². The number of amides is 2. The molecular weight excluding hydrogens is 218 g/mol. The Morgan fingerprint density at radius 3 is 2.88 bits per heavy atom. The minimum atomic E-state index is -0.120. The van der Waals surface area contributed by atoms with Gasteiger partial charge in [-0.05, 0) is 19.9 Å². The smallest absolute Gasteiger partial charge is 0.228 e. The van der Waals surface area contributed by atoms with Gasteiger partial charge < -0.3 is 15.1 Å².